The minimum absolute atomic E-state index is 0.0159. The Morgan fingerprint density at radius 1 is 1.48 bits per heavy atom. The van der Waals surface area contributed by atoms with E-state index in [1.165, 1.54) is 41.4 Å². The molecule has 0 saturated heterocycles. The van der Waals surface area contributed by atoms with Crippen molar-refractivity contribution in [2.45, 2.75) is 0 Å². The zero-order valence-electron chi connectivity index (χ0n) is 10.9. The van der Waals surface area contributed by atoms with Gasteiger partial charge in [-0.2, -0.15) is 10.2 Å². The molecule has 1 amide bonds. The number of amides is 1. The third-order valence-corrected chi connectivity index (χ3v) is 2.87. The number of aromatic nitrogens is 2. The van der Waals surface area contributed by atoms with E-state index in [4.69, 9.17) is 11.6 Å². The normalized spacial score (nSPS) is 10.8. The molecule has 0 atom stereocenters. The fourth-order valence-electron chi connectivity index (χ4n) is 1.57. The minimum Gasteiger partial charge on any atom is -0.266 e. The number of rotatable bonds is 4. The highest BCUT2D eigenvalue weighted by Gasteiger charge is 2.14. The second-order valence-electron chi connectivity index (χ2n) is 4.01. The van der Waals surface area contributed by atoms with Crippen LogP contribution in [0, 0.1) is 10.1 Å². The zero-order valence-corrected chi connectivity index (χ0v) is 11.6. The molecule has 0 fully saturated rings. The van der Waals surface area contributed by atoms with Crippen LogP contribution < -0.4 is 5.43 Å². The average Bonchev–Trinajstić information content (AvgIpc) is 2.78. The van der Waals surface area contributed by atoms with E-state index < -0.39 is 10.8 Å². The van der Waals surface area contributed by atoms with Gasteiger partial charge < -0.3 is 0 Å². The first kappa shape index (κ1) is 14.7. The molecule has 108 valence electrons. The van der Waals surface area contributed by atoms with Gasteiger partial charge in [-0.05, 0) is 17.7 Å². The SMILES string of the molecule is Cn1ncc(Cl)c1C(=O)NN=Cc1ccc([N+](=O)[O-])cc1. The maximum absolute atomic E-state index is 11.8. The molecule has 9 heteroatoms. The molecule has 0 aliphatic rings. The summed E-state index contributed by atoms with van der Waals surface area (Å²) < 4.78 is 1.33. The Morgan fingerprint density at radius 2 is 2.14 bits per heavy atom. The van der Waals surface area contributed by atoms with Gasteiger partial charge in [0.2, 0.25) is 0 Å². The van der Waals surface area contributed by atoms with Crippen molar-refractivity contribution in [1.29, 1.82) is 0 Å². The fraction of sp³-hybridized carbons (Fsp3) is 0.0833. The van der Waals surface area contributed by atoms with E-state index in [0.29, 0.717) is 5.56 Å². The minimum atomic E-state index is -0.502. The van der Waals surface area contributed by atoms with Crippen LogP contribution >= 0.6 is 11.6 Å². The van der Waals surface area contributed by atoms with E-state index in [2.05, 4.69) is 15.6 Å². The maximum Gasteiger partial charge on any atom is 0.291 e. The summed E-state index contributed by atoms with van der Waals surface area (Å²) in [6, 6.07) is 5.73. The molecule has 0 radical (unpaired) electrons. The molecule has 0 aliphatic carbocycles. The summed E-state index contributed by atoms with van der Waals surface area (Å²) in [5.74, 6) is -0.502. The Kier molecular flexibility index (Phi) is 4.29. The predicted octanol–water partition coefficient (Wildman–Crippen LogP) is 1.75. The molecule has 0 bridgehead atoms. The van der Waals surface area contributed by atoms with Crippen LogP contribution in [0.2, 0.25) is 5.02 Å². The lowest BCUT2D eigenvalue weighted by Crippen LogP contribution is -2.21. The number of nitrogens with one attached hydrogen (secondary N) is 1. The fourth-order valence-corrected chi connectivity index (χ4v) is 1.82. The lowest BCUT2D eigenvalue weighted by atomic mass is 10.2. The molecule has 0 unspecified atom stereocenters. The average molecular weight is 308 g/mol. The summed E-state index contributed by atoms with van der Waals surface area (Å²) in [6.07, 6.45) is 2.72. The second-order valence-corrected chi connectivity index (χ2v) is 4.42. The van der Waals surface area contributed by atoms with Crippen molar-refractivity contribution < 1.29 is 9.72 Å². The molecule has 1 aromatic heterocycles. The van der Waals surface area contributed by atoms with Gasteiger partial charge in [0.15, 0.2) is 0 Å². The second kappa shape index (κ2) is 6.14. The highest BCUT2D eigenvalue weighted by Crippen LogP contribution is 2.13. The summed E-state index contributed by atoms with van der Waals surface area (Å²) in [5.41, 5.74) is 3.09. The van der Waals surface area contributed by atoms with Gasteiger partial charge in [-0.1, -0.05) is 11.6 Å². The number of hydrogen-bond acceptors (Lipinski definition) is 5. The van der Waals surface area contributed by atoms with Crippen molar-refractivity contribution in [3.8, 4) is 0 Å². The van der Waals surface area contributed by atoms with Crippen LogP contribution in [0.3, 0.4) is 0 Å². The first-order chi connectivity index (χ1) is 9.99. The number of aryl methyl sites for hydroxylation is 1. The number of carbonyl (C=O) groups excluding carboxylic acids is 1. The number of carbonyl (C=O) groups is 1. The highest BCUT2D eigenvalue weighted by atomic mass is 35.5. The van der Waals surface area contributed by atoms with Crippen molar-refractivity contribution in [3.05, 3.63) is 56.9 Å². The van der Waals surface area contributed by atoms with E-state index in [1.807, 2.05) is 0 Å². The highest BCUT2D eigenvalue weighted by molar-refractivity contribution is 6.33. The topological polar surface area (TPSA) is 102 Å². The van der Waals surface area contributed by atoms with Gasteiger partial charge in [0.1, 0.15) is 5.69 Å². The first-order valence-corrected chi connectivity index (χ1v) is 6.12. The Hall–Kier alpha value is -2.74. The number of hydrogen-bond donors (Lipinski definition) is 1. The maximum atomic E-state index is 11.8. The predicted molar refractivity (Wildman–Crippen MR) is 76.4 cm³/mol. The summed E-state index contributed by atoms with van der Waals surface area (Å²) in [4.78, 5) is 21.8. The van der Waals surface area contributed by atoms with Crippen molar-refractivity contribution in [1.82, 2.24) is 15.2 Å². The van der Waals surface area contributed by atoms with E-state index >= 15 is 0 Å². The van der Waals surface area contributed by atoms with Gasteiger partial charge in [-0.25, -0.2) is 5.43 Å². The summed E-state index contributed by atoms with van der Waals surface area (Å²) in [6.45, 7) is 0. The Balaban J connectivity index is 2.02. The van der Waals surface area contributed by atoms with Gasteiger partial charge in [-0.3, -0.25) is 19.6 Å². The number of hydrazone groups is 1. The molecule has 8 nitrogen and oxygen atoms in total. The van der Waals surface area contributed by atoms with Gasteiger partial charge in [0, 0.05) is 19.2 Å². The van der Waals surface area contributed by atoms with Crippen LogP contribution in [-0.4, -0.2) is 26.8 Å². The van der Waals surface area contributed by atoms with Gasteiger partial charge >= 0.3 is 0 Å². The van der Waals surface area contributed by atoms with Crippen LogP contribution in [-0.2, 0) is 7.05 Å². The van der Waals surface area contributed by atoms with Crippen molar-refractivity contribution in [3.63, 3.8) is 0 Å². The molecule has 21 heavy (non-hydrogen) atoms. The summed E-state index contributed by atoms with van der Waals surface area (Å²) in [5, 5.41) is 18.3. The van der Waals surface area contributed by atoms with Crippen LogP contribution in [0.1, 0.15) is 16.1 Å². The van der Waals surface area contributed by atoms with Gasteiger partial charge in [-0.15, -0.1) is 0 Å². The number of nitrogens with zero attached hydrogens (tertiary/aromatic N) is 4. The van der Waals surface area contributed by atoms with Crippen LogP contribution in [0.25, 0.3) is 0 Å². The van der Waals surface area contributed by atoms with Crippen LogP contribution in [0.4, 0.5) is 5.69 Å². The molecule has 0 aliphatic heterocycles. The quantitative estimate of drug-likeness (QED) is 0.528. The smallest absolute Gasteiger partial charge is 0.266 e. The number of nitro groups is 1. The molecule has 2 aromatic rings. The van der Waals surface area contributed by atoms with Gasteiger partial charge in [0.25, 0.3) is 11.6 Å². The Labute approximate surface area is 124 Å². The largest absolute Gasteiger partial charge is 0.291 e. The molecule has 1 N–H and O–H groups in total. The standard InChI is InChI=1S/C12H10ClN5O3/c1-17-11(10(13)7-15-17)12(19)16-14-6-8-2-4-9(5-3-8)18(20)21/h2-7H,1H3,(H,16,19). The third-order valence-electron chi connectivity index (χ3n) is 2.59. The van der Waals surface area contributed by atoms with Crippen molar-refractivity contribution in [2.24, 2.45) is 12.1 Å². The summed E-state index contributed by atoms with van der Waals surface area (Å²) >= 11 is 5.82. The molecular formula is C12H10ClN5O3. The number of non-ortho nitro benzene ring substituents is 1. The Bertz CT molecular complexity index is 689. The molecule has 0 spiro atoms. The van der Waals surface area contributed by atoms with Crippen LogP contribution in [0.15, 0.2) is 35.6 Å². The molecule has 0 saturated carbocycles. The van der Waals surface area contributed by atoms with Crippen LogP contribution in [0.5, 0.6) is 0 Å². The van der Waals surface area contributed by atoms with E-state index in [9.17, 15) is 14.9 Å². The third kappa shape index (κ3) is 3.42. The lowest BCUT2D eigenvalue weighted by molar-refractivity contribution is -0.384. The lowest BCUT2D eigenvalue weighted by Gasteiger charge is -2.00. The Morgan fingerprint density at radius 3 is 2.67 bits per heavy atom. The number of benzene rings is 1. The number of halogens is 1. The molecule has 1 aromatic carbocycles. The molecule has 2 rings (SSSR count). The number of nitro benzene ring substituents is 1. The van der Waals surface area contributed by atoms with Crippen molar-refractivity contribution >= 4 is 29.4 Å². The van der Waals surface area contributed by atoms with E-state index in [1.54, 1.807) is 7.05 Å². The van der Waals surface area contributed by atoms with E-state index in [0.717, 1.165) is 0 Å². The molecular weight excluding hydrogens is 298 g/mol. The van der Waals surface area contributed by atoms with E-state index in [-0.39, 0.29) is 16.4 Å². The zero-order chi connectivity index (χ0) is 15.4. The van der Waals surface area contributed by atoms with Gasteiger partial charge in [0.05, 0.1) is 22.4 Å². The van der Waals surface area contributed by atoms with Crippen molar-refractivity contribution in [2.75, 3.05) is 0 Å². The summed E-state index contributed by atoms with van der Waals surface area (Å²) in [7, 11) is 1.58. The monoisotopic (exact) mass is 307 g/mol. The molecule has 1 heterocycles. The first-order valence-electron chi connectivity index (χ1n) is 5.74.